The summed E-state index contributed by atoms with van der Waals surface area (Å²) in [4.78, 5) is 28.5. The highest BCUT2D eigenvalue weighted by Crippen LogP contribution is 2.35. The summed E-state index contributed by atoms with van der Waals surface area (Å²) in [6, 6.07) is 11.7. The molecule has 154 valence electrons. The molecule has 3 aromatic rings. The van der Waals surface area contributed by atoms with E-state index in [1.165, 1.54) is 6.33 Å². The lowest BCUT2D eigenvalue weighted by atomic mass is 10.1. The Hall–Kier alpha value is -3.75. The summed E-state index contributed by atoms with van der Waals surface area (Å²) in [5.74, 6) is 1.45. The van der Waals surface area contributed by atoms with Gasteiger partial charge < -0.3 is 15.1 Å². The summed E-state index contributed by atoms with van der Waals surface area (Å²) >= 11 is 0. The van der Waals surface area contributed by atoms with Crippen LogP contribution < -0.4 is 15.1 Å². The lowest BCUT2D eigenvalue weighted by molar-refractivity contribution is -0.383. The average molecular weight is 405 g/mol. The molecule has 0 aliphatic carbocycles. The molecule has 0 bridgehead atoms. The van der Waals surface area contributed by atoms with Crippen LogP contribution >= 0.6 is 0 Å². The van der Waals surface area contributed by atoms with Gasteiger partial charge in [-0.15, -0.1) is 0 Å². The van der Waals surface area contributed by atoms with Crippen LogP contribution in [0.5, 0.6) is 0 Å². The number of hydrogen-bond donors (Lipinski definition) is 1. The summed E-state index contributed by atoms with van der Waals surface area (Å²) in [6.45, 7) is 6.56. The third kappa shape index (κ3) is 4.00. The fraction of sp³-hybridized carbons (Fsp3) is 0.286. The number of benzene rings is 1. The highest BCUT2D eigenvalue weighted by molar-refractivity contribution is 5.75. The van der Waals surface area contributed by atoms with Crippen LogP contribution in [0.4, 0.5) is 28.8 Å². The zero-order valence-electron chi connectivity index (χ0n) is 16.9. The van der Waals surface area contributed by atoms with Crippen molar-refractivity contribution < 1.29 is 4.92 Å². The molecule has 1 aliphatic rings. The van der Waals surface area contributed by atoms with Gasteiger partial charge in [0.2, 0.25) is 11.6 Å². The van der Waals surface area contributed by atoms with E-state index in [2.05, 4.69) is 25.2 Å². The molecule has 0 spiro atoms. The number of aromatic nitrogens is 3. The predicted molar refractivity (Wildman–Crippen MR) is 117 cm³/mol. The Balaban J connectivity index is 1.59. The molecule has 0 atom stereocenters. The van der Waals surface area contributed by atoms with E-state index in [0.717, 1.165) is 22.6 Å². The van der Waals surface area contributed by atoms with Crippen molar-refractivity contribution >= 4 is 28.8 Å². The van der Waals surface area contributed by atoms with Gasteiger partial charge in [0, 0.05) is 38.1 Å². The summed E-state index contributed by atoms with van der Waals surface area (Å²) in [5.41, 5.74) is 2.73. The van der Waals surface area contributed by atoms with Gasteiger partial charge in [0.25, 0.3) is 0 Å². The van der Waals surface area contributed by atoms with E-state index in [1.54, 1.807) is 6.20 Å². The second kappa shape index (κ2) is 8.32. The molecule has 4 rings (SSSR count). The number of anilines is 4. The number of pyridine rings is 1. The van der Waals surface area contributed by atoms with Crippen molar-refractivity contribution in [2.45, 2.75) is 13.8 Å². The van der Waals surface area contributed by atoms with Crippen LogP contribution in [0, 0.1) is 24.0 Å². The van der Waals surface area contributed by atoms with Crippen molar-refractivity contribution in [2.24, 2.45) is 0 Å². The Morgan fingerprint density at radius 3 is 2.47 bits per heavy atom. The third-order valence-corrected chi connectivity index (χ3v) is 5.18. The SMILES string of the molecule is Cc1ccc(C)c(Nc2ncnc(N3CCN(c4ccccn4)CC3)c2[N+](=O)[O-])c1. The molecule has 1 saturated heterocycles. The second-order valence-electron chi connectivity index (χ2n) is 7.26. The summed E-state index contributed by atoms with van der Waals surface area (Å²) in [5, 5.41) is 15.1. The third-order valence-electron chi connectivity index (χ3n) is 5.18. The molecule has 0 unspecified atom stereocenters. The van der Waals surface area contributed by atoms with Crippen molar-refractivity contribution in [1.82, 2.24) is 15.0 Å². The molecular weight excluding hydrogens is 382 g/mol. The molecule has 30 heavy (non-hydrogen) atoms. The fourth-order valence-electron chi connectivity index (χ4n) is 3.55. The minimum atomic E-state index is -0.409. The molecule has 0 radical (unpaired) electrons. The van der Waals surface area contributed by atoms with Crippen LogP contribution in [0.1, 0.15) is 11.1 Å². The fourth-order valence-corrected chi connectivity index (χ4v) is 3.55. The lowest BCUT2D eigenvalue weighted by Gasteiger charge is -2.35. The zero-order valence-corrected chi connectivity index (χ0v) is 16.9. The minimum absolute atomic E-state index is 0.107. The van der Waals surface area contributed by atoms with Gasteiger partial charge in [-0.3, -0.25) is 10.1 Å². The van der Waals surface area contributed by atoms with Crippen molar-refractivity contribution in [3.63, 3.8) is 0 Å². The molecule has 9 heteroatoms. The molecular formula is C21H23N7O2. The van der Waals surface area contributed by atoms with Crippen molar-refractivity contribution in [3.8, 4) is 0 Å². The number of nitrogens with one attached hydrogen (secondary N) is 1. The first kappa shape index (κ1) is 19.6. The first-order chi connectivity index (χ1) is 14.5. The number of hydrogen-bond acceptors (Lipinski definition) is 8. The summed E-state index contributed by atoms with van der Waals surface area (Å²) in [7, 11) is 0. The Kier molecular flexibility index (Phi) is 5.42. The van der Waals surface area contributed by atoms with E-state index in [1.807, 2.05) is 55.1 Å². The Morgan fingerprint density at radius 1 is 1.00 bits per heavy atom. The van der Waals surface area contributed by atoms with Crippen LogP contribution in [-0.2, 0) is 0 Å². The van der Waals surface area contributed by atoms with E-state index in [9.17, 15) is 10.1 Å². The van der Waals surface area contributed by atoms with Crippen LogP contribution in [0.15, 0.2) is 48.9 Å². The molecule has 1 aromatic carbocycles. The number of nitrogens with zero attached hydrogens (tertiary/aromatic N) is 6. The standard InChI is InChI=1S/C21H23N7O2/c1-15-6-7-16(2)17(13-15)25-20-19(28(29)30)21(24-14-23-20)27-11-9-26(10-12-27)18-5-3-4-8-22-18/h3-8,13-14H,9-12H2,1-2H3,(H,23,24,25). The van der Waals surface area contributed by atoms with Gasteiger partial charge in [0.05, 0.1) is 4.92 Å². The van der Waals surface area contributed by atoms with Gasteiger partial charge in [0.1, 0.15) is 12.1 Å². The monoisotopic (exact) mass is 405 g/mol. The maximum atomic E-state index is 12.0. The molecule has 3 heterocycles. The Morgan fingerprint density at radius 2 is 1.77 bits per heavy atom. The molecule has 1 aliphatic heterocycles. The van der Waals surface area contributed by atoms with Crippen molar-refractivity contribution in [3.05, 3.63) is 70.2 Å². The number of nitro groups is 1. The quantitative estimate of drug-likeness (QED) is 0.509. The molecule has 2 aromatic heterocycles. The topological polar surface area (TPSA) is 100 Å². The maximum Gasteiger partial charge on any atom is 0.353 e. The smallest absolute Gasteiger partial charge is 0.353 e. The highest BCUT2D eigenvalue weighted by atomic mass is 16.6. The van der Waals surface area contributed by atoms with Crippen molar-refractivity contribution in [2.75, 3.05) is 41.3 Å². The first-order valence-corrected chi connectivity index (χ1v) is 9.77. The van der Waals surface area contributed by atoms with Gasteiger partial charge in [0.15, 0.2) is 0 Å². The predicted octanol–water partition coefficient (Wildman–Crippen LogP) is 3.47. The van der Waals surface area contributed by atoms with Gasteiger partial charge in [-0.05, 0) is 43.2 Å². The highest BCUT2D eigenvalue weighted by Gasteiger charge is 2.29. The summed E-state index contributed by atoms with van der Waals surface area (Å²) in [6.07, 6.45) is 3.14. The Labute approximate surface area is 174 Å². The normalized spacial score (nSPS) is 13.9. The lowest BCUT2D eigenvalue weighted by Crippen LogP contribution is -2.47. The van der Waals surface area contributed by atoms with Gasteiger partial charge >= 0.3 is 5.69 Å². The molecule has 0 saturated carbocycles. The van der Waals surface area contributed by atoms with Crippen LogP contribution in [0.25, 0.3) is 0 Å². The van der Waals surface area contributed by atoms with E-state index in [4.69, 9.17) is 0 Å². The zero-order chi connectivity index (χ0) is 21.1. The van der Waals surface area contributed by atoms with Crippen molar-refractivity contribution in [1.29, 1.82) is 0 Å². The van der Waals surface area contributed by atoms with E-state index in [0.29, 0.717) is 32.0 Å². The molecule has 1 N–H and O–H groups in total. The Bertz CT molecular complexity index is 1050. The minimum Gasteiger partial charge on any atom is -0.353 e. The van der Waals surface area contributed by atoms with Gasteiger partial charge in [-0.2, -0.15) is 0 Å². The van der Waals surface area contributed by atoms with E-state index >= 15 is 0 Å². The maximum absolute atomic E-state index is 12.0. The summed E-state index contributed by atoms with van der Waals surface area (Å²) < 4.78 is 0. The second-order valence-corrected chi connectivity index (χ2v) is 7.26. The van der Waals surface area contributed by atoms with Crippen LogP contribution in [0.3, 0.4) is 0 Å². The molecule has 1 fully saturated rings. The number of rotatable bonds is 5. The van der Waals surface area contributed by atoms with E-state index in [-0.39, 0.29) is 11.5 Å². The van der Waals surface area contributed by atoms with Crippen LogP contribution in [0.2, 0.25) is 0 Å². The first-order valence-electron chi connectivity index (χ1n) is 9.77. The van der Waals surface area contributed by atoms with Crippen LogP contribution in [-0.4, -0.2) is 46.1 Å². The molecule has 0 amide bonds. The average Bonchev–Trinajstić information content (AvgIpc) is 2.77. The van der Waals surface area contributed by atoms with E-state index < -0.39 is 4.92 Å². The largest absolute Gasteiger partial charge is 0.353 e. The molecule has 9 nitrogen and oxygen atoms in total. The van der Waals surface area contributed by atoms with Gasteiger partial charge in [-0.1, -0.05) is 18.2 Å². The number of aryl methyl sites for hydroxylation is 2. The van der Waals surface area contributed by atoms with Gasteiger partial charge in [-0.25, -0.2) is 15.0 Å². The number of piperazine rings is 1.